The molecule has 0 aliphatic carbocycles. The second kappa shape index (κ2) is 7.64. The van der Waals surface area contributed by atoms with Crippen LogP contribution < -0.4 is 5.32 Å². The van der Waals surface area contributed by atoms with Crippen LogP contribution in [0, 0.1) is 0 Å². The highest BCUT2D eigenvalue weighted by Gasteiger charge is 2.22. The van der Waals surface area contributed by atoms with Gasteiger partial charge in [0.25, 0.3) is 0 Å². The molecule has 6 heteroatoms. The van der Waals surface area contributed by atoms with Crippen molar-refractivity contribution in [1.29, 1.82) is 0 Å². The molecule has 1 aliphatic rings. The molecule has 1 saturated heterocycles. The molecule has 0 unspecified atom stereocenters. The van der Waals surface area contributed by atoms with Gasteiger partial charge in [0.2, 0.25) is 0 Å². The maximum absolute atomic E-state index is 11.8. The molecule has 0 radical (unpaired) electrons. The molecule has 0 spiro atoms. The average molecular weight is 292 g/mol. The summed E-state index contributed by atoms with van der Waals surface area (Å²) in [7, 11) is 0. The second-order valence-corrected chi connectivity index (χ2v) is 4.97. The maximum atomic E-state index is 11.8. The van der Waals surface area contributed by atoms with Crippen LogP contribution in [-0.4, -0.2) is 36.3 Å². The first-order valence-corrected chi connectivity index (χ1v) is 7.09. The molecule has 21 heavy (non-hydrogen) atoms. The molecule has 1 atom stereocenters. The largest absolute Gasteiger partial charge is 0.445 e. The van der Waals surface area contributed by atoms with Gasteiger partial charge >= 0.3 is 12.1 Å². The minimum Gasteiger partial charge on any atom is -0.445 e. The quantitative estimate of drug-likeness (QED) is 0.897. The zero-order chi connectivity index (χ0) is 15.1. The number of hydrogen-bond acceptors (Lipinski definition) is 5. The van der Waals surface area contributed by atoms with Gasteiger partial charge in [-0.25, -0.2) is 9.59 Å². The fraction of sp³-hybridized carbons (Fsp3) is 0.467. The average Bonchev–Trinajstić information content (AvgIpc) is 2.99. The number of rotatable bonds is 5. The van der Waals surface area contributed by atoms with E-state index in [1.54, 1.807) is 12.0 Å². The van der Waals surface area contributed by atoms with E-state index in [9.17, 15) is 9.59 Å². The van der Waals surface area contributed by atoms with Gasteiger partial charge in [-0.3, -0.25) is 0 Å². The third-order valence-electron chi connectivity index (χ3n) is 3.18. The van der Waals surface area contributed by atoms with E-state index in [1.807, 2.05) is 30.3 Å². The van der Waals surface area contributed by atoms with E-state index >= 15 is 0 Å². The van der Waals surface area contributed by atoms with Crippen LogP contribution in [0.15, 0.2) is 30.3 Å². The summed E-state index contributed by atoms with van der Waals surface area (Å²) >= 11 is 0. The molecule has 1 amide bonds. The minimum absolute atomic E-state index is 0.167. The summed E-state index contributed by atoms with van der Waals surface area (Å²) in [4.78, 5) is 28.5. The van der Waals surface area contributed by atoms with Gasteiger partial charge in [-0.05, 0) is 25.3 Å². The summed E-state index contributed by atoms with van der Waals surface area (Å²) < 4.78 is 5.05. The fourth-order valence-electron chi connectivity index (χ4n) is 1.99. The van der Waals surface area contributed by atoms with Crippen molar-refractivity contribution >= 4 is 12.1 Å². The van der Waals surface area contributed by atoms with Crippen molar-refractivity contribution in [2.75, 3.05) is 13.1 Å². The maximum Gasteiger partial charge on any atom is 0.408 e. The summed E-state index contributed by atoms with van der Waals surface area (Å²) in [5.41, 5.74) is 0.889. The lowest BCUT2D eigenvalue weighted by Crippen LogP contribution is -2.42. The van der Waals surface area contributed by atoms with Crippen LogP contribution >= 0.6 is 0 Å². The Labute approximate surface area is 124 Å². The molecule has 6 nitrogen and oxygen atoms in total. The normalized spacial score (nSPS) is 16.2. The van der Waals surface area contributed by atoms with Gasteiger partial charge in [-0.1, -0.05) is 30.3 Å². The summed E-state index contributed by atoms with van der Waals surface area (Å²) in [6.07, 6.45) is 1.41. The number of nitrogens with one attached hydrogen (secondary N) is 1. The molecule has 0 saturated carbocycles. The van der Waals surface area contributed by atoms with Crippen LogP contribution in [0.5, 0.6) is 0 Å². The van der Waals surface area contributed by atoms with Crippen molar-refractivity contribution in [2.24, 2.45) is 0 Å². The highest BCUT2D eigenvalue weighted by Crippen LogP contribution is 2.08. The molecule has 1 N–H and O–H groups in total. The standard InChI is InChI=1S/C15H20N2O4/c1-12(14(18)21-17-9-5-6-10-17)16-15(19)20-11-13-7-3-2-4-8-13/h2-4,7-8,12H,5-6,9-11H2,1H3,(H,16,19)/t12-/m0/s1. The van der Waals surface area contributed by atoms with Crippen molar-refractivity contribution in [3.05, 3.63) is 35.9 Å². The number of carbonyl (C=O) groups excluding carboxylic acids is 2. The summed E-state index contributed by atoms with van der Waals surface area (Å²) in [5.74, 6) is -0.478. The number of hydroxylamine groups is 2. The molecule has 1 fully saturated rings. The Morgan fingerprint density at radius 1 is 1.24 bits per heavy atom. The first-order chi connectivity index (χ1) is 10.1. The predicted octanol–water partition coefficient (Wildman–Crippen LogP) is 1.86. The van der Waals surface area contributed by atoms with Crippen molar-refractivity contribution in [3.8, 4) is 0 Å². The molecule has 0 bridgehead atoms. The molecular weight excluding hydrogens is 272 g/mol. The first-order valence-electron chi connectivity index (χ1n) is 7.09. The SMILES string of the molecule is C[C@H](NC(=O)OCc1ccccc1)C(=O)ON1CCCC1. The van der Waals surface area contributed by atoms with Crippen LogP contribution in [0.2, 0.25) is 0 Å². The zero-order valence-electron chi connectivity index (χ0n) is 12.1. The Morgan fingerprint density at radius 3 is 2.57 bits per heavy atom. The molecule has 2 rings (SSSR count). The first kappa shape index (κ1) is 15.3. The number of alkyl carbamates (subject to hydrolysis) is 1. The molecular formula is C15H20N2O4. The van der Waals surface area contributed by atoms with Gasteiger partial charge in [0.05, 0.1) is 0 Å². The smallest absolute Gasteiger partial charge is 0.408 e. The highest BCUT2D eigenvalue weighted by molar-refractivity contribution is 5.80. The third kappa shape index (κ3) is 5.07. The highest BCUT2D eigenvalue weighted by atomic mass is 16.7. The van der Waals surface area contributed by atoms with Crippen molar-refractivity contribution in [1.82, 2.24) is 10.4 Å². The third-order valence-corrected chi connectivity index (χ3v) is 3.18. The van der Waals surface area contributed by atoms with E-state index in [4.69, 9.17) is 9.57 Å². The number of ether oxygens (including phenoxy) is 1. The Balaban J connectivity index is 1.69. The Bertz CT molecular complexity index is 472. The summed E-state index contributed by atoms with van der Waals surface area (Å²) in [6, 6.07) is 8.60. The van der Waals surface area contributed by atoms with Gasteiger partial charge in [-0.2, -0.15) is 0 Å². The topological polar surface area (TPSA) is 67.9 Å². The molecule has 1 aliphatic heterocycles. The van der Waals surface area contributed by atoms with Crippen molar-refractivity contribution in [2.45, 2.75) is 32.4 Å². The zero-order valence-corrected chi connectivity index (χ0v) is 12.1. The number of hydrogen-bond donors (Lipinski definition) is 1. The monoisotopic (exact) mass is 292 g/mol. The Hall–Kier alpha value is -2.08. The van der Waals surface area contributed by atoms with Crippen LogP contribution in [0.3, 0.4) is 0 Å². The molecule has 0 aromatic heterocycles. The van der Waals surface area contributed by atoms with Crippen LogP contribution in [0.25, 0.3) is 0 Å². The van der Waals surface area contributed by atoms with Crippen molar-refractivity contribution in [3.63, 3.8) is 0 Å². The number of benzene rings is 1. The lowest BCUT2D eigenvalue weighted by Gasteiger charge is -2.18. The van der Waals surface area contributed by atoms with Crippen LogP contribution in [0.4, 0.5) is 4.79 Å². The lowest BCUT2D eigenvalue weighted by atomic mass is 10.2. The molecule has 1 heterocycles. The van der Waals surface area contributed by atoms with Gasteiger partial charge in [0, 0.05) is 13.1 Å². The molecule has 1 aromatic carbocycles. The van der Waals surface area contributed by atoms with E-state index in [1.165, 1.54) is 0 Å². The number of nitrogens with zero attached hydrogens (tertiary/aromatic N) is 1. The fourth-order valence-corrected chi connectivity index (χ4v) is 1.99. The summed E-state index contributed by atoms with van der Waals surface area (Å²) in [6.45, 7) is 3.23. The van der Waals surface area contributed by atoms with E-state index in [0.717, 1.165) is 31.5 Å². The summed E-state index contributed by atoms with van der Waals surface area (Å²) in [5, 5.41) is 4.08. The van der Waals surface area contributed by atoms with Gasteiger partial charge in [0.1, 0.15) is 12.6 Å². The van der Waals surface area contributed by atoms with Gasteiger partial charge < -0.3 is 14.9 Å². The Morgan fingerprint density at radius 2 is 1.90 bits per heavy atom. The molecule has 114 valence electrons. The van der Waals surface area contributed by atoms with Crippen LogP contribution in [0.1, 0.15) is 25.3 Å². The van der Waals surface area contributed by atoms with E-state index in [-0.39, 0.29) is 6.61 Å². The number of amides is 1. The van der Waals surface area contributed by atoms with Gasteiger partial charge in [0.15, 0.2) is 0 Å². The van der Waals surface area contributed by atoms with E-state index in [2.05, 4.69) is 5.32 Å². The lowest BCUT2D eigenvalue weighted by molar-refractivity contribution is -0.187. The minimum atomic E-state index is -0.742. The second-order valence-electron chi connectivity index (χ2n) is 4.97. The van der Waals surface area contributed by atoms with Crippen molar-refractivity contribution < 1.29 is 19.2 Å². The Kier molecular flexibility index (Phi) is 5.57. The molecule has 1 aromatic rings. The van der Waals surface area contributed by atoms with Crippen LogP contribution in [-0.2, 0) is 21.0 Å². The van der Waals surface area contributed by atoms with Gasteiger partial charge in [-0.15, -0.1) is 5.06 Å². The van der Waals surface area contributed by atoms with E-state index in [0.29, 0.717) is 0 Å². The predicted molar refractivity (Wildman–Crippen MR) is 76.1 cm³/mol. The van der Waals surface area contributed by atoms with E-state index < -0.39 is 18.1 Å². The number of carbonyl (C=O) groups is 2.